The van der Waals surface area contributed by atoms with Crippen LogP contribution in [-0.2, 0) is 0 Å². The van der Waals surface area contributed by atoms with Gasteiger partial charge in [0.2, 0.25) is 0 Å². The second kappa shape index (κ2) is 6.09. The first-order valence-corrected chi connectivity index (χ1v) is 9.06. The number of nitrogens with zero attached hydrogens (tertiary/aromatic N) is 3. The van der Waals surface area contributed by atoms with Crippen molar-refractivity contribution in [3.8, 4) is 10.8 Å². The summed E-state index contributed by atoms with van der Waals surface area (Å²) in [7, 11) is 2.18. The normalized spacial score (nSPS) is 25.3. The van der Waals surface area contributed by atoms with Crippen LogP contribution < -0.4 is 0 Å². The summed E-state index contributed by atoms with van der Waals surface area (Å²) in [5, 5.41) is 0.770. The summed E-state index contributed by atoms with van der Waals surface area (Å²) < 4.78 is 5.37. The molecule has 2 aromatic heterocycles. The minimum absolute atomic E-state index is 0.128. The predicted octanol–water partition coefficient (Wildman–Crippen LogP) is 3.10. The number of likely N-dealkylation sites (N-methyl/N-ethyl adjacent to an activating group) is 1. The van der Waals surface area contributed by atoms with E-state index in [-0.39, 0.29) is 5.91 Å². The highest BCUT2D eigenvalue weighted by Gasteiger charge is 2.39. The third kappa shape index (κ3) is 2.70. The molecule has 6 heteroatoms. The number of hydrogen-bond donors (Lipinski definition) is 0. The van der Waals surface area contributed by atoms with Gasteiger partial charge >= 0.3 is 0 Å². The number of hydrogen-bond acceptors (Lipinski definition) is 5. The smallest absolute Gasteiger partial charge is 0.265 e. The van der Waals surface area contributed by atoms with E-state index in [1.54, 1.807) is 12.5 Å². The standard InChI is InChI=1S/C17H21N3O2S/c1-19-8-2-5-12(19)13-6-3-9-20(13)17(21)15-11-18-16(23-15)14-7-4-10-22-14/h4,7,10-13H,2-3,5-6,8-9H2,1H3. The average molecular weight is 331 g/mol. The van der Waals surface area contributed by atoms with Gasteiger partial charge in [0.25, 0.3) is 5.91 Å². The van der Waals surface area contributed by atoms with E-state index in [2.05, 4.69) is 21.8 Å². The van der Waals surface area contributed by atoms with Gasteiger partial charge in [0.15, 0.2) is 10.8 Å². The number of likely N-dealkylation sites (tertiary alicyclic amines) is 2. The number of amides is 1. The SMILES string of the molecule is CN1CCCC1C1CCCN1C(=O)c1cnc(-c2ccco2)s1. The molecule has 4 heterocycles. The van der Waals surface area contributed by atoms with Crippen LogP contribution in [0.4, 0.5) is 0 Å². The van der Waals surface area contributed by atoms with Crippen LogP contribution in [0.1, 0.15) is 35.4 Å². The maximum Gasteiger partial charge on any atom is 0.265 e. The van der Waals surface area contributed by atoms with Gasteiger partial charge in [-0.15, -0.1) is 11.3 Å². The van der Waals surface area contributed by atoms with Gasteiger partial charge in [-0.1, -0.05) is 0 Å². The van der Waals surface area contributed by atoms with Crippen LogP contribution in [-0.4, -0.2) is 52.9 Å². The number of thiazole rings is 1. The van der Waals surface area contributed by atoms with Crippen molar-refractivity contribution in [1.29, 1.82) is 0 Å². The summed E-state index contributed by atoms with van der Waals surface area (Å²) in [5.74, 6) is 0.852. The molecular weight excluding hydrogens is 310 g/mol. The van der Waals surface area contributed by atoms with Gasteiger partial charge in [0, 0.05) is 18.6 Å². The van der Waals surface area contributed by atoms with Gasteiger partial charge in [-0.2, -0.15) is 0 Å². The van der Waals surface area contributed by atoms with Crippen molar-refractivity contribution in [2.75, 3.05) is 20.1 Å². The van der Waals surface area contributed by atoms with E-state index in [1.807, 2.05) is 12.1 Å². The van der Waals surface area contributed by atoms with E-state index in [9.17, 15) is 4.79 Å². The molecular formula is C17H21N3O2S. The lowest BCUT2D eigenvalue weighted by Gasteiger charge is -2.33. The molecule has 0 spiro atoms. The van der Waals surface area contributed by atoms with Crippen molar-refractivity contribution in [1.82, 2.24) is 14.8 Å². The minimum Gasteiger partial charge on any atom is -0.462 e. The van der Waals surface area contributed by atoms with E-state index in [0.29, 0.717) is 17.0 Å². The maximum atomic E-state index is 13.0. The van der Waals surface area contributed by atoms with E-state index >= 15 is 0 Å². The molecule has 0 saturated carbocycles. The fourth-order valence-corrected chi connectivity index (χ4v) is 4.74. The van der Waals surface area contributed by atoms with Crippen molar-refractivity contribution in [3.05, 3.63) is 29.5 Å². The average Bonchev–Trinajstić information content (AvgIpc) is 3.31. The molecule has 122 valence electrons. The first-order valence-electron chi connectivity index (χ1n) is 8.25. The van der Waals surface area contributed by atoms with Gasteiger partial charge in [-0.25, -0.2) is 4.98 Å². The molecule has 23 heavy (non-hydrogen) atoms. The van der Waals surface area contributed by atoms with Crippen molar-refractivity contribution in [2.45, 2.75) is 37.8 Å². The summed E-state index contributed by atoms with van der Waals surface area (Å²) >= 11 is 1.42. The fraction of sp³-hybridized carbons (Fsp3) is 0.529. The summed E-state index contributed by atoms with van der Waals surface area (Å²) in [4.78, 5) is 22.5. The number of carbonyl (C=O) groups excluding carboxylic acids is 1. The zero-order chi connectivity index (χ0) is 15.8. The monoisotopic (exact) mass is 331 g/mol. The topological polar surface area (TPSA) is 49.6 Å². The Morgan fingerprint density at radius 3 is 2.87 bits per heavy atom. The van der Waals surface area contributed by atoms with Gasteiger partial charge < -0.3 is 14.2 Å². The number of carbonyl (C=O) groups is 1. The lowest BCUT2D eigenvalue weighted by molar-refractivity contribution is 0.0669. The van der Waals surface area contributed by atoms with Crippen LogP contribution in [0.3, 0.4) is 0 Å². The van der Waals surface area contributed by atoms with Crippen LogP contribution in [0.2, 0.25) is 0 Å². The molecule has 4 rings (SSSR count). The first-order chi connectivity index (χ1) is 11.2. The molecule has 0 radical (unpaired) electrons. The second-order valence-electron chi connectivity index (χ2n) is 6.41. The fourth-order valence-electron chi connectivity index (χ4n) is 3.90. The van der Waals surface area contributed by atoms with Crippen LogP contribution in [0.25, 0.3) is 10.8 Å². The summed E-state index contributed by atoms with van der Waals surface area (Å²) in [6.45, 7) is 2.01. The first kappa shape index (κ1) is 14.9. The third-order valence-electron chi connectivity index (χ3n) is 5.03. The minimum atomic E-state index is 0.128. The quantitative estimate of drug-likeness (QED) is 0.867. The van der Waals surface area contributed by atoms with Gasteiger partial charge in [-0.05, 0) is 51.4 Å². The Hall–Kier alpha value is -1.66. The molecule has 2 aliphatic rings. The second-order valence-corrected chi connectivity index (χ2v) is 7.44. The lowest BCUT2D eigenvalue weighted by atomic mass is 10.0. The molecule has 0 bridgehead atoms. The van der Waals surface area contributed by atoms with Gasteiger partial charge in [0.05, 0.1) is 12.5 Å². The zero-order valence-electron chi connectivity index (χ0n) is 13.3. The Bertz CT molecular complexity index is 682. The Balaban J connectivity index is 1.54. The van der Waals surface area contributed by atoms with Crippen molar-refractivity contribution >= 4 is 17.2 Å². The van der Waals surface area contributed by atoms with E-state index in [0.717, 1.165) is 36.7 Å². The van der Waals surface area contributed by atoms with Crippen LogP contribution >= 0.6 is 11.3 Å². The molecule has 2 aromatic rings. The van der Waals surface area contributed by atoms with E-state index < -0.39 is 0 Å². The molecule has 2 saturated heterocycles. The van der Waals surface area contributed by atoms with Crippen LogP contribution in [0, 0.1) is 0 Å². The highest BCUT2D eigenvalue weighted by molar-refractivity contribution is 7.16. The Morgan fingerprint density at radius 1 is 1.30 bits per heavy atom. The van der Waals surface area contributed by atoms with E-state index in [4.69, 9.17) is 4.42 Å². The molecule has 0 aromatic carbocycles. The summed E-state index contributed by atoms with van der Waals surface area (Å²) in [5.41, 5.74) is 0. The molecule has 5 nitrogen and oxygen atoms in total. The van der Waals surface area contributed by atoms with Crippen LogP contribution in [0.15, 0.2) is 29.0 Å². The van der Waals surface area contributed by atoms with Crippen LogP contribution in [0.5, 0.6) is 0 Å². The molecule has 2 unspecified atom stereocenters. The summed E-state index contributed by atoms with van der Waals surface area (Å²) in [6, 6.07) is 4.58. The highest BCUT2D eigenvalue weighted by atomic mass is 32.1. The Kier molecular flexibility index (Phi) is 3.95. The predicted molar refractivity (Wildman–Crippen MR) is 89.5 cm³/mol. The molecule has 2 aliphatic heterocycles. The number of aromatic nitrogens is 1. The van der Waals surface area contributed by atoms with Gasteiger partial charge in [-0.3, -0.25) is 4.79 Å². The molecule has 2 atom stereocenters. The largest absolute Gasteiger partial charge is 0.462 e. The number of rotatable bonds is 3. The maximum absolute atomic E-state index is 13.0. The Morgan fingerprint density at radius 2 is 2.13 bits per heavy atom. The molecule has 0 aliphatic carbocycles. The highest BCUT2D eigenvalue weighted by Crippen LogP contribution is 2.32. The third-order valence-corrected chi connectivity index (χ3v) is 6.03. The molecule has 2 fully saturated rings. The number of furan rings is 1. The molecule has 1 amide bonds. The Labute approximate surface area is 139 Å². The zero-order valence-corrected chi connectivity index (χ0v) is 14.1. The van der Waals surface area contributed by atoms with Crippen molar-refractivity contribution in [2.24, 2.45) is 0 Å². The van der Waals surface area contributed by atoms with Crippen molar-refractivity contribution in [3.63, 3.8) is 0 Å². The summed E-state index contributed by atoms with van der Waals surface area (Å²) in [6.07, 6.45) is 7.98. The lowest BCUT2D eigenvalue weighted by Crippen LogP contribution is -2.46. The van der Waals surface area contributed by atoms with Gasteiger partial charge in [0.1, 0.15) is 4.88 Å². The van der Waals surface area contributed by atoms with Crippen molar-refractivity contribution < 1.29 is 9.21 Å². The van der Waals surface area contributed by atoms with E-state index in [1.165, 1.54) is 24.2 Å². The molecule has 0 N–H and O–H groups in total.